The summed E-state index contributed by atoms with van der Waals surface area (Å²) in [6.45, 7) is 0. The molecular formula is C43H27N3O. The van der Waals surface area contributed by atoms with Crippen molar-refractivity contribution < 1.29 is 4.42 Å². The minimum absolute atomic E-state index is 0.564. The van der Waals surface area contributed by atoms with Crippen LogP contribution in [0.2, 0.25) is 0 Å². The molecule has 4 heteroatoms. The third-order valence-electron chi connectivity index (χ3n) is 8.78. The van der Waals surface area contributed by atoms with Crippen molar-refractivity contribution in [2.75, 3.05) is 0 Å². The van der Waals surface area contributed by atoms with Crippen molar-refractivity contribution in [3.63, 3.8) is 0 Å². The Kier molecular flexibility index (Phi) is 6.43. The lowest BCUT2D eigenvalue weighted by Crippen LogP contribution is -2.01. The Balaban J connectivity index is 1.27. The van der Waals surface area contributed by atoms with Gasteiger partial charge in [0.15, 0.2) is 17.5 Å². The quantitative estimate of drug-likeness (QED) is 0.197. The zero-order valence-electron chi connectivity index (χ0n) is 25.3. The summed E-state index contributed by atoms with van der Waals surface area (Å²) in [5.74, 6) is 1.77. The molecule has 0 bridgehead atoms. The molecule has 0 aliphatic heterocycles. The first-order valence-electron chi connectivity index (χ1n) is 15.7. The van der Waals surface area contributed by atoms with Crippen LogP contribution in [-0.4, -0.2) is 15.0 Å². The summed E-state index contributed by atoms with van der Waals surface area (Å²) in [5.41, 5.74) is 8.77. The van der Waals surface area contributed by atoms with Gasteiger partial charge in [-0.1, -0.05) is 152 Å². The summed E-state index contributed by atoms with van der Waals surface area (Å²) in [5, 5.41) is 4.47. The van der Waals surface area contributed by atoms with E-state index in [1.807, 2.05) is 42.5 Å². The predicted molar refractivity (Wildman–Crippen MR) is 192 cm³/mol. The minimum Gasteiger partial charge on any atom is -0.455 e. The third-order valence-corrected chi connectivity index (χ3v) is 8.78. The zero-order valence-corrected chi connectivity index (χ0v) is 25.3. The molecule has 9 rings (SSSR count). The summed E-state index contributed by atoms with van der Waals surface area (Å²) in [6, 6.07) is 56.3. The number of nitrogens with zero attached hydrogens (tertiary/aromatic N) is 3. The van der Waals surface area contributed by atoms with E-state index in [0.29, 0.717) is 17.5 Å². The van der Waals surface area contributed by atoms with Crippen LogP contribution in [0, 0.1) is 0 Å². The van der Waals surface area contributed by atoms with Gasteiger partial charge in [-0.2, -0.15) is 0 Å². The van der Waals surface area contributed by atoms with E-state index < -0.39 is 0 Å². The van der Waals surface area contributed by atoms with Crippen molar-refractivity contribution in [2.24, 2.45) is 0 Å². The van der Waals surface area contributed by atoms with Gasteiger partial charge in [-0.15, -0.1) is 0 Å². The molecule has 4 nitrogen and oxygen atoms in total. The van der Waals surface area contributed by atoms with Gasteiger partial charge in [-0.05, 0) is 45.2 Å². The van der Waals surface area contributed by atoms with E-state index in [-0.39, 0.29) is 0 Å². The van der Waals surface area contributed by atoms with Gasteiger partial charge in [0.25, 0.3) is 0 Å². The molecule has 0 radical (unpaired) electrons. The van der Waals surface area contributed by atoms with Gasteiger partial charge < -0.3 is 4.42 Å². The fourth-order valence-electron chi connectivity index (χ4n) is 6.48. The van der Waals surface area contributed by atoms with Crippen molar-refractivity contribution in [1.82, 2.24) is 15.0 Å². The lowest BCUT2D eigenvalue weighted by molar-refractivity contribution is 0.669. The van der Waals surface area contributed by atoms with Crippen molar-refractivity contribution in [1.29, 1.82) is 0 Å². The van der Waals surface area contributed by atoms with Crippen LogP contribution >= 0.6 is 0 Å². The van der Waals surface area contributed by atoms with Gasteiger partial charge in [0.2, 0.25) is 0 Å². The van der Waals surface area contributed by atoms with Gasteiger partial charge in [0.1, 0.15) is 11.2 Å². The predicted octanol–water partition coefficient (Wildman–Crippen LogP) is 11.3. The van der Waals surface area contributed by atoms with Crippen LogP contribution in [0.4, 0.5) is 0 Å². The van der Waals surface area contributed by atoms with Crippen molar-refractivity contribution in [2.45, 2.75) is 0 Å². The fraction of sp³-hybridized carbons (Fsp3) is 0. The van der Waals surface area contributed by atoms with E-state index in [4.69, 9.17) is 19.4 Å². The van der Waals surface area contributed by atoms with Gasteiger partial charge in [0.05, 0.1) is 5.56 Å². The number of rotatable bonds is 5. The molecule has 0 N–H and O–H groups in total. The topological polar surface area (TPSA) is 51.8 Å². The van der Waals surface area contributed by atoms with Crippen molar-refractivity contribution >= 4 is 32.7 Å². The van der Waals surface area contributed by atoms with Crippen LogP contribution in [0.5, 0.6) is 0 Å². The van der Waals surface area contributed by atoms with E-state index in [9.17, 15) is 0 Å². The molecular weight excluding hydrogens is 574 g/mol. The molecule has 0 saturated heterocycles. The van der Waals surface area contributed by atoms with Crippen LogP contribution in [0.1, 0.15) is 0 Å². The fourth-order valence-corrected chi connectivity index (χ4v) is 6.48. The maximum atomic E-state index is 6.43. The SMILES string of the molecule is c1ccc(-c2ccc(-c3nc(-c4ccccc4-c4cccc5ccccc45)nc(-c4cccc5c4oc4ccccc45)n3)cc2)cc1. The highest BCUT2D eigenvalue weighted by molar-refractivity contribution is 6.09. The summed E-state index contributed by atoms with van der Waals surface area (Å²) in [7, 11) is 0. The first kappa shape index (κ1) is 27.0. The normalized spacial score (nSPS) is 11.4. The smallest absolute Gasteiger partial charge is 0.167 e. The second-order valence-electron chi connectivity index (χ2n) is 11.6. The van der Waals surface area contributed by atoms with Gasteiger partial charge in [-0.3, -0.25) is 0 Å². The van der Waals surface area contributed by atoms with Gasteiger partial charge in [0, 0.05) is 21.9 Å². The Bertz CT molecular complexity index is 2560. The molecule has 0 spiro atoms. The van der Waals surface area contributed by atoms with Gasteiger partial charge >= 0.3 is 0 Å². The largest absolute Gasteiger partial charge is 0.455 e. The van der Waals surface area contributed by atoms with Crippen molar-refractivity contribution in [3.8, 4) is 56.4 Å². The van der Waals surface area contributed by atoms with E-state index in [1.165, 1.54) is 10.8 Å². The number of para-hydroxylation sites is 2. The lowest BCUT2D eigenvalue weighted by Gasteiger charge is -2.14. The number of benzene rings is 7. The molecule has 7 aromatic carbocycles. The molecule has 0 aliphatic carbocycles. The highest BCUT2D eigenvalue weighted by Gasteiger charge is 2.19. The number of hydrogen-bond donors (Lipinski definition) is 0. The Hall–Kier alpha value is -6.39. The average molecular weight is 602 g/mol. The molecule has 0 saturated carbocycles. The van der Waals surface area contributed by atoms with Crippen LogP contribution < -0.4 is 0 Å². The van der Waals surface area contributed by atoms with Crippen LogP contribution in [0.25, 0.3) is 89.1 Å². The molecule has 0 fully saturated rings. The molecule has 0 atom stereocenters. The van der Waals surface area contributed by atoms with E-state index in [1.54, 1.807) is 0 Å². The van der Waals surface area contributed by atoms with Crippen LogP contribution in [0.15, 0.2) is 168 Å². The molecule has 47 heavy (non-hydrogen) atoms. The summed E-state index contributed by atoms with van der Waals surface area (Å²) >= 11 is 0. The molecule has 0 amide bonds. The Morgan fingerprint density at radius 3 is 1.70 bits per heavy atom. The summed E-state index contributed by atoms with van der Waals surface area (Å²) in [6.07, 6.45) is 0. The van der Waals surface area contributed by atoms with E-state index in [2.05, 4.69) is 121 Å². The first-order valence-corrected chi connectivity index (χ1v) is 15.7. The molecule has 9 aromatic rings. The number of aromatic nitrogens is 3. The first-order chi connectivity index (χ1) is 23.3. The number of hydrogen-bond acceptors (Lipinski definition) is 4. The Morgan fingerprint density at radius 1 is 0.319 bits per heavy atom. The summed E-state index contributed by atoms with van der Waals surface area (Å²) in [4.78, 5) is 15.4. The Labute approximate surface area is 271 Å². The van der Waals surface area contributed by atoms with Crippen LogP contribution in [0.3, 0.4) is 0 Å². The number of furan rings is 1. The van der Waals surface area contributed by atoms with Crippen molar-refractivity contribution in [3.05, 3.63) is 164 Å². The third kappa shape index (κ3) is 4.75. The number of fused-ring (bicyclic) bond motifs is 4. The monoisotopic (exact) mass is 601 g/mol. The standard InChI is InChI=1S/C43H27N3O/c1-2-12-28(13-3-1)29-24-26-31(27-25-29)41-44-42(37-19-7-6-17-34(37)33-20-10-15-30-14-4-5-16-32(30)33)46-43(45-41)38-22-11-21-36-35-18-8-9-23-39(35)47-40(36)38/h1-27H. The molecule has 2 heterocycles. The molecule has 0 unspecified atom stereocenters. The maximum Gasteiger partial charge on any atom is 0.167 e. The highest BCUT2D eigenvalue weighted by Crippen LogP contribution is 2.38. The maximum absolute atomic E-state index is 6.43. The zero-order chi connectivity index (χ0) is 31.2. The van der Waals surface area contributed by atoms with Crippen LogP contribution in [-0.2, 0) is 0 Å². The highest BCUT2D eigenvalue weighted by atomic mass is 16.3. The molecule has 2 aromatic heterocycles. The Morgan fingerprint density at radius 2 is 0.851 bits per heavy atom. The minimum atomic E-state index is 0.564. The average Bonchev–Trinajstić information content (AvgIpc) is 3.54. The van der Waals surface area contributed by atoms with Gasteiger partial charge in [-0.25, -0.2) is 15.0 Å². The molecule has 220 valence electrons. The van der Waals surface area contributed by atoms with E-state index in [0.717, 1.165) is 60.9 Å². The summed E-state index contributed by atoms with van der Waals surface area (Å²) < 4.78 is 6.43. The van der Waals surface area contributed by atoms with E-state index >= 15 is 0 Å². The second-order valence-corrected chi connectivity index (χ2v) is 11.6. The second kappa shape index (κ2) is 11.2. The lowest BCUT2D eigenvalue weighted by atomic mass is 9.94. The molecule has 0 aliphatic rings.